The molecule has 4 nitrogen and oxygen atoms in total. The largest absolute Gasteiger partial charge is 0.352 e. The highest BCUT2D eigenvalue weighted by Gasteiger charge is 2.32. The summed E-state index contributed by atoms with van der Waals surface area (Å²) in [5, 5.41) is 3.22. The van der Waals surface area contributed by atoms with E-state index in [0.29, 0.717) is 6.04 Å². The first-order valence-electron chi connectivity index (χ1n) is 9.66. The van der Waals surface area contributed by atoms with Crippen molar-refractivity contribution in [3.63, 3.8) is 0 Å². The van der Waals surface area contributed by atoms with Crippen molar-refractivity contribution in [1.29, 1.82) is 0 Å². The Kier molecular flexibility index (Phi) is 8.26. The third-order valence-corrected chi connectivity index (χ3v) is 5.18. The monoisotopic (exact) mass is 387 g/mol. The van der Waals surface area contributed by atoms with Crippen LogP contribution in [-0.2, 0) is 11.2 Å². The maximum Gasteiger partial charge on any atom is 0.242 e. The average molecular weight is 388 g/mol. The van der Waals surface area contributed by atoms with Gasteiger partial charge in [-0.25, -0.2) is 0 Å². The number of nitrogens with zero attached hydrogens (tertiary/aromatic N) is 2. The Labute approximate surface area is 168 Å². The first-order chi connectivity index (χ1) is 12.6. The standard InChI is InChI=1S/C22H29N3O.ClH/c1-17(16-20-13-6-8-14-23-20)24-22(26)21(19-11-4-3-5-12-19)25-15-9-7-10-18(25)2;/h3-6,8,11-14,17-18,21H,7,9-10,15-16H2,1-2H3,(H,24,26);1H. The normalized spacial score (nSPS) is 19.6. The molecule has 2 heterocycles. The highest BCUT2D eigenvalue weighted by Crippen LogP contribution is 2.29. The van der Waals surface area contributed by atoms with Gasteiger partial charge >= 0.3 is 0 Å². The molecule has 1 N–H and O–H groups in total. The van der Waals surface area contributed by atoms with Crippen molar-refractivity contribution in [3.05, 3.63) is 66.0 Å². The highest BCUT2D eigenvalue weighted by molar-refractivity contribution is 5.85. The van der Waals surface area contributed by atoms with Crippen LogP contribution in [0.25, 0.3) is 0 Å². The number of carbonyl (C=O) groups excluding carboxylic acids is 1. The van der Waals surface area contributed by atoms with Crippen molar-refractivity contribution >= 4 is 18.3 Å². The van der Waals surface area contributed by atoms with E-state index in [0.717, 1.165) is 37.1 Å². The molecule has 0 spiro atoms. The zero-order chi connectivity index (χ0) is 18.4. The Balaban J connectivity index is 0.00000261. The van der Waals surface area contributed by atoms with Gasteiger partial charge in [0.1, 0.15) is 6.04 Å². The second-order valence-electron chi connectivity index (χ2n) is 7.33. The van der Waals surface area contributed by atoms with E-state index in [-0.39, 0.29) is 30.4 Å². The zero-order valence-corrected chi connectivity index (χ0v) is 17.0. The van der Waals surface area contributed by atoms with E-state index in [1.54, 1.807) is 6.20 Å². The number of pyridine rings is 1. The second-order valence-corrected chi connectivity index (χ2v) is 7.33. The fourth-order valence-electron chi connectivity index (χ4n) is 3.84. The summed E-state index contributed by atoms with van der Waals surface area (Å²) in [5.41, 5.74) is 2.08. The minimum atomic E-state index is -0.224. The average Bonchev–Trinajstić information content (AvgIpc) is 2.65. The number of hydrogen-bond donors (Lipinski definition) is 1. The van der Waals surface area contributed by atoms with Gasteiger partial charge in [0.15, 0.2) is 0 Å². The number of piperidine rings is 1. The van der Waals surface area contributed by atoms with Crippen molar-refractivity contribution in [2.45, 2.75) is 57.7 Å². The molecule has 0 aliphatic carbocycles. The van der Waals surface area contributed by atoms with Gasteiger partial charge in [0.05, 0.1) is 0 Å². The van der Waals surface area contributed by atoms with Crippen molar-refractivity contribution in [3.8, 4) is 0 Å². The zero-order valence-electron chi connectivity index (χ0n) is 16.2. The van der Waals surface area contributed by atoms with Crippen LogP contribution in [0.2, 0.25) is 0 Å². The summed E-state index contributed by atoms with van der Waals surface area (Å²) in [5.74, 6) is 0.0911. The van der Waals surface area contributed by atoms with Crippen LogP contribution < -0.4 is 5.32 Å². The third kappa shape index (κ3) is 5.78. The first-order valence-corrected chi connectivity index (χ1v) is 9.66. The molecular weight excluding hydrogens is 358 g/mol. The summed E-state index contributed by atoms with van der Waals surface area (Å²) in [6.07, 6.45) is 6.09. The van der Waals surface area contributed by atoms with Crippen LogP contribution in [0.1, 0.15) is 50.4 Å². The third-order valence-electron chi connectivity index (χ3n) is 5.18. The molecular formula is C22H30ClN3O. The van der Waals surface area contributed by atoms with Gasteiger partial charge in [-0.2, -0.15) is 0 Å². The molecule has 146 valence electrons. The Morgan fingerprint density at radius 1 is 1.19 bits per heavy atom. The Morgan fingerprint density at radius 2 is 1.93 bits per heavy atom. The molecule has 2 aromatic rings. The van der Waals surface area contributed by atoms with Gasteiger partial charge in [-0.05, 0) is 50.9 Å². The maximum absolute atomic E-state index is 13.2. The van der Waals surface area contributed by atoms with Gasteiger partial charge < -0.3 is 5.32 Å². The van der Waals surface area contributed by atoms with Crippen LogP contribution in [-0.4, -0.2) is 34.4 Å². The lowest BCUT2D eigenvalue weighted by atomic mass is 9.96. The van der Waals surface area contributed by atoms with Crippen LogP contribution in [0, 0.1) is 0 Å². The minimum Gasteiger partial charge on any atom is -0.352 e. The van der Waals surface area contributed by atoms with Crippen LogP contribution in [0.4, 0.5) is 0 Å². The summed E-state index contributed by atoms with van der Waals surface area (Å²) in [7, 11) is 0. The van der Waals surface area contributed by atoms with Crippen LogP contribution in [0.3, 0.4) is 0 Å². The molecule has 3 unspecified atom stereocenters. The maximum atomic E-state index is 13.2. The Morgan fingerprint density at radius 3 is 2.59 bits per heavy atom. The molecule has 1 fully saturated rings. The molecule has 3 atom stereocenters. The lowest BCUT2D eigenvalue weighted by Crippen LogP contribution is -2.48. The molecule has 0 bridgehead atoms. The Bertz CT molecular complexity index is 695. The molecule has 1 aliphatic heterocycles. The molecule has 1 amide bonds. The molecule has 3 rings (SSSR count). The predicted octanol–water partition coefficient (Wildman–Crippen LogP) is 4.17. The van der Waals surface area contributed by atoms with E-state index >= 15 is 0 Å². The molecule has 1 aliphatic rings. The fourth-order valence-corrected chi connectivity index (χ4v) is 3.84. The molecule has 1 aromatic carbocycles. The molecule has 1 aromatic heterocycles. The van der Waals surface area contributed by atoms with E-state index in [9.17, 15) is 4.79 Å². The van der Waals surface area contributed by atoms with E-state index in [4.69, 9.17) is 0 Å². The van der Waals surface area contributed by atoms with Crippen LogP contribution >= 0.6 is 12.4 Å². The number of carbonyl (C=O) groups is 1. The van der Waals surface area contributed by atoms with Gasteiger partial charge in [-0.15, -0.1) is 12.4 Å². The van der Waals surface area contributed by atoms with Gasteiger partial charge in [0.25, 0.3) is 0 Å². The number of hydrogen-bond acceptors (Lipinski definition) is 3. The number of amides is 1. The van der Waals surface area contributed by atoms with E-state index in [2.05, 4.69) is 34.3 Å². The van der Waals surface area contributed by atoms with Gasteiger partial charge in [-0.1, -0.05) is 42.8 Å². The minimum absolute atomic E-state index is 0. The summed E-state index contributed by atoms with van der Waals surface area (Å²) in [4.78, 5) is 19.9. The number of likely N-dealkylation sites (tertiary alicyclic amines) is 1. The lowest BCUT2D eigenvalue weighted by Gasteiger charge is -2.39. The van der Waals surface area contributed by atoms with E-state index in [1.165, 1.54) is 6.42 Å². The number of rotatable bonds is 6. The van der Waals surface area contributed by atoms with Gasteiger partial charge in [0.2, 0.25) is 5.91 Å². The summed E-state index contributed by atoms with van der Waals surface area (Å²) >= 11 is 0. The van der Waals surface area contributed by atoms with E-state index in [1.807, 2.05) is 43.3 Å². The molecule has 1 saturated heterocycles. The quantitative estimate of drug-likeness (QED) is 0.809. The number of benzene rings is 1. The van der Waals surface area contributed by atoms with Crippen molar-refractivity contribution in [1.82, 2.24) is 15.2 Å². The predicted molar refractivity (Wildman–Crippen MR) is 112 cm³/mol. The molecule has 0 saturated carbocycles. The fraction of sp³-hybridized carbons (Fsp3) is 0.455. The number of aromatic nitrogens is 1. The topological polar surface area (TPSA) is 45.2 Å². The summed E-state index contributed by atoms with van der Waals surface area (Å²) < 4.78 is 0. The van der Waals surface area contributed by atoms with E-state index < -0.39 is 0 Å². The van der Waals surface area contributed by atoms with Crippen molar-refractivity contribution in [2.75, 3.05) is 6.54 Å². The number of nitrogens with one attached hydrogen (secondary N) is 1. The van der Waals surface area contributed by atoms with Crippen LogP contribution in [0.15, 0.2) is 54.7 Å². The second kappa shape index (κ2) is 10.4. The van der Waals surface area contributed by atoms with Crippen LogP contribution in [0.5, 0.6) is 0 Å². The molecule has 27 heavy (non-hydrogen) atoms. The van der Waals surface area contributed by atoms with Gasteiger partial charge in [0, 0.05) is 30.4 Å². The Hall–Kier alpha value is -1.91. The van der Waals surface area contributed by atoms with Crippen molar-refractivity contribution in [2.24, 2.45) is 0 Å². The number of halogens is 1. The smallest absolute Gasteiger partial charge is 0.242 e. The summed E-state index contributed by atoms with van der Waals surface area (Å²) in [6, 6.07) is 16.3. The van der Waals surface area contributed by atoms with Crippen molar-refractivity contribution < 1.29 is 4.79 Å². The molecule has 0 radical (unpaired) electrons. The first kappa shape index (κ1) is 21.4. The van der Waals surface area contributed by atoms with Gasteiger partial charge in [-0.3, -0.25) is 14.7 Å². The lowest BCUT2D eigenvalue weighted by molar-refractivity contribution is -0.128. The highest BCUT2D eigenvalue weighted by atomic mass is 35.5. The molecule has 5 heteroatoms. The SMILES string of the molecule is CC(Cc1ccccn1)NC(=O)C(c1ccccc1)N1CCCCC1C.Cl. The summed E-state index contributed by atoms with van der Waals surface area (Å²) in [6.45, 7) is 5.26.